The molecule has 1 fully saturated rings. The summed E-state index contributed by atoms with van der Waals surface area (Å²) in [5, 5.41) is 11.4. The molecule has 2 heterocycles. The molecule has 8 heteroatoms. The maximum Gasteiger partial charge on any atom is 0.288 e. The predicted molar refractivity (Wildman–Crippen MR) is 78.3 cm³/mol. The second-order valence-electron chi connectivity index (χ2n) is 4.76. The Hall–Kier alpha value is -1.34. The zero-order valence-electron chi connectivity index (χ0n) is 11.1. The number of hydrogen-bond donors (Lipinski definition) is 0. The Bertz CT molecular complexity index is 545. The van der Waals surface area contributed by atoms with Crippen molar-refractivity contribution in [3.05, 3.63) is 33.1 Å². The molecule has 0 radical (unpaired) electrons. The molecule has 0 aliphatic carbocycles. The van der Waals surface area contributed by atoms with E-state index in [2.05, 4.69) is 4.98 Å². The normalized spacial score (nSPS) is 22.6. The minimum Gasteiger partial charge on any atom is -0.336 e. The maximum absolute atomic E-state index is 12.5. The van der Waals surface area contributed by atoms with E-state index in [4.69, 9.17) is 11.6 Å². The zero-order valence-corrected chi connectivity index (χ0v) is 12.6. The van der Waals surface area contributed by atoms with Gasteiger partial charge in [0.25, 0.3) is 11.6 Å². The van der Waals surface area contributed by atoms with Crippen molar-refractivity contribution in [1.82, 2.24) is 9.88 Å². The molecule has 1 amide bonds. The largest absolute Gasteiger partial charge is 0.336 e. The summed E-state index contributed by atoms with van der Waals surface area (Å²) in [5.74, 6) is -0.301. The molecular weight excluding hydrogens is 302 g/mol. The Morgan fingerprint density at radius 1 is 1.50 bits per heavy atom. The number of nitrogens with zero attached hydrogens (tertiary/aromatic N) is 3. The van der Waals surface area contributed by atoms with Crippen molar-refractivity contribution in [2.45, 2.75) is 24.3 Å². The van der Waals surface area contributed by atoms with Crippen LogP contribution in [0.2, 0.25) is 5.15 Å². The number of amides is 1. The van der Waals surface area contributed by atoms with E-state index >= 15 is 0 Å². The van der Waals surface area contributed by atoms with Crippen LogP contribution in [0, 0.1) is 10.1 Å². The third-order valence-electron chi connectivity index (χ3n) is 2.97. The molecule has 1 aromatic heterocycles. The highest BCUT2D eigenvalue weighted by Gasteiger charge is 2.28. The van der Waals surface area contributed by atoms with Crippen molar-refractivity contribution in [2.75, 3.05) is 13.1 Å². The molecule has 1 aliphatic heterocycles. The number of carbonyl (C=O) groups excluding carboxylic acids is 1. The van der Waals surface area contributed by atoms with Gasteiger partial charge in [0.05, 0.1) is 10.5 Å². The first-order chi connectivity index (χ1) is 9.38. The summed E-state index contributed by atoms with van der Waals surface area (Å²) >= 11 is 7.72. The van der Waals surface area contributed by atoms with Gasteiger partial charge in [0, 0.05) is 29.7 Å². The molecule has 1 aromatic rings. The third-order valence-corrected chi connectivity index (χ3v) is 4.50. The van der Waals surface area contributed by atoms with Crippen LogP contribution in [0.25, 0.3) is 0 Å². The van der Waals surface area contributed by atoms with E-state index in [1.165, 1.54) is 6.07 Å². The molecule has 1 saturated heterocycles. The van der Waals surface area contributed by atoms with Crippen molar-refractivity contribution in [2.24, 2.45) is 0 Å². The van der Waals surface area contributed by atoms with Crippen LogP contribution in [0.1, 0.15) is 24.2 Å². The third kappa shape index (κ3) is 3.21. The van der Waals surface area contributed by atoms with E-state index in [1.807, 2.05) is 25.6 Å². The lowest BCUT2D eigenvalue weighted by atomic mass is 10.2. The van der Waals surface area contributed by atoms with Gasteiger partial charge in [0.15, 0.2) is 0 Å². The van der Waals surface area contributed by atoms with E-state index in [0.717, 1.165) is 6.20 Å². The summed E-state index contributed by atoms with van der Waals surface area (Å²) in [5.41, 5.74) is -0.141. The van der Waals surface area contributed by atoms with Crippen molar-refractivity contribution in [3.63, 3.8) is 0 Å². The number of aromatic nitrogens is 1. The number of rotatable bonds is 2. The van der Waals surface area contributed by atoms with Gasteiger partial charge in [0.2, 0.25) is 0 Å². The van der Waals surface area contributed by atoms with Crippen molar-refractivity contribution < 1.29 is 9.72 Å². The van der Waals surface area contributed by atoms with E-state index < -0.39 is 4.92 Å². The Kier molecular flexibility index (Phi) is 4.49. The fraction of sp³-hybridized carbons (Fsp3) is 0.500. The Morgan fingerprint density at radius 2 is 2.10 bits per heavy atom. The van der Waals surface area contributed by atoms with Crippen LogP contribution in [0.15, 0.2) is 12.3 Å². The average Bonchev–Trinajstić information content (AvgIpc) is 2.37. The lowest BCUT2D eigenvalue weighted by molar-refractivity contribution is -0.385. The minimum atomic E-state index is -0.586. The summed E-state index contributed by atoms with van der Waals surface area (Å²) in [6, 6.07) is 1.19. The fourth-order valence-corrected chi connectivity index (χ4v) is 3.71. The summed E-state index contributed by atoms with van der Waals surface area (Å²) < 4.78 is 0. The van der Waals surface area contributed by atoms with Crippen LogP contribution >= 0.6 is 23.4 Å². The molecule has 0 N–H and O–H groups in total. The Labute approximate surface area is 125 Å². The molecule has 0 spiro atoms. The van der Waals surface area contributed by atoms with Crippen LogP contribution in [-0.2, 0) is 0 Å². The van der Waals surface area contributed by atoms with Gasteiger partial charge in [-0.2, -0.15) is 11.8 Å². The van der Waals surface area contributed by atoms with E-state index in [-0.39, 0.29) is 22.3 Å². The van der Waals surface area contributed by atoms with Gasteiger partial charge in [-0.25, -0.2) is 4.98 Å². The van der Waals surface area contributed by atoms with Gasteiger partial charge < -0.3 is 4.90 Å². The molecule has 20 heavy (non-hydrogen) atoms. The van der Waals surface area contributed by atoms with Crippen LogP contribution in [0.3, 0.4) is 0 Å². The number of thioether (sulfide) groups is 1. The summed E-state index contributed by atoms with van der Waals surface area (Å²) in [6.45, 7) is 5.31. The lowest BCUT2D eigenvalue weighted by Crippen LogP contribution is -2.44. The van der Waals surface area contributed by atoms with Gasteiger partial charge in [-0.1, -0.05) is 25.4 Å². The second-order valence-corrected chi connectivity index (χ2v) is 7.00. The molecule has 2 rings (SSSR count). The number of pyridine rings is 1. The second kappa shape index (κ2) is 5.97. The first kappa shape index (κ1) is 15.1. The van der Waals surface area contributed by atoms with Crippen molar-refractivity contribution in [1.29, 1.82) is 0 Å². The number of hydrogen-bond acceptors (Lipinski definition) is 5. The lowest BCUT2D eigenvalue weighted by Gasteiger charge is -2.34. The highest BCUT2D eigenvalue weighted by molar-refractivity contribution is 8.00. The highest BCUT2D eigenvalue weighted by atomic mass is 35.5. The highest BCUT2D eigenvalue weighted by Crippen LogP contribution is 2.27. The molecule has 1 aliphatic rings. The van der Waals surface area contributed by atoms with Crippen LogP contribution in [0.5, 0.6) is 0 Å². The fourth-order valence-electron chi connectivity index (χ4n) is 2.20. The van der Waals surface area contributed by atoms with Gasteiger partial charge in [-0.05, 0) is 0 Å². The van der Waals surface area contributed by atoms with Crippen LogP contribution < -0.4 is 0 Å². The van der Waals surface area contributed by atoms with Gasteiger partial charge in [-0.3, -0.25) is 14.9 Å². The first-order valence-electron chi connectivity index (χ1n) is 6.13. The summed E-state index contributed by atoms with van der Waals surface area (Å²) in [6.07, 6.45) is 1.05. The van der Waals surface area contributed by atoms with Gasteiger partial charge in [-0.15, -0.1) is 0 Å². The number of nitro groups is 1. The van der Waals surface area contributed by atoms with E-state index in [0.29, 0.717) is 23.6 Å². The first-order valence-corrected chi connectivity index (χ1v) is 7.45. The molecule has 2 unspecified atom stereocenters. The van der Waals surface area contributed by atoms with Crippen LogP contribution in [0.4, 0.5) is 5.69 Å². The monoisotopic (exact) mass is 315 g/mol. The van der Waals surface area contributed by atoms with Gasteiger partial charge >= 0.3 is 0 Å². The molecule has 2 atom stereocenters. The molecular formula is C12H14ClN3O3S. The minimum absolute atomic E-state index is 0.000803. The maximum atomic E-state index is 12.5. The van der Waals surface area contributed by atoms with E-state index in [1.54, 1.807) is 4.90 Å². The SMILES string of the molecule is CC1CN(C(=O)c2cc([N+](=O)[O-])cnc2Cl)CC(C)S1. The number of halogens is 1. The summed E-state index contributed by atoms with van der Waals surface area (Å²) in [4.78, 5) is 28.0. The molecule has 0 bridgehead atoms. The molecule has 0 aromatic carbocycles. The number of carbonyl (C=O) groups is 1. The van der Waals surface area contributed by atoms with Gasteiger partial charge in [0.1, 0.15) is 11.3 Å². The Balaban J connectivity index is 2.28. The molecule has 108 valence electrons. The summed E-state index contributed by atoms with van der Waals surface area (Å²) in [7, 11) is 0. The van der Waals surface area contributed by atoms with E-state index in [9.17, 15) is 14.9 Å². The van der Waals surface area contributed by atoms with Crippen molar-refractivity contribution >= 4 is 35.0 Å². The van der Waals surface area contributed by atoms with Crippen molar-refractivity contribution in [3.8, 4) is 0 Å². The predicted octanol–water partition coefficient (Wildman–Crippen LogP) is 2.61. The average molecular weight is 316 g/mol. The molecule has 6 nitrogen and oxygen atoms in total. The standard InChI is InChI=1S/C12H14ClN3O3S/c1-7-5-15(6-8(2)20-7)12(17)10-3-9(16(18)19)4-14-11(10)13/h3-4,7-8H,5-6H2,1-2H3. The van der Waals surface area contributed by atoms with Crippen LogP contribution in [-0.4, -0.2) is 44.3 Å². The topological polar surface area (TPSA) is 76.3 Å². The smallest absolute Gasteiger partial charge is 0.288 e. The quantitative estimate of drug-likeness (QED) is 0.476. The Morgan fingerprint density at radius 3 is 2.65 bits per heavy atom. The zero-order chi connectivity index (χ0) is 14.9. The molecule has 0 saturated carbocycles.